The van der Waals surface area contributed by atoms with E-state index in [0.717, 1.165) is 24.8 Å². The fraction of sp³-hybridized carbons (Fsp3) is 0.269. The standard InChI is InChI=1S/C26H23N3O5/c1-15(28-29-27)6-2-3-7-16-12-18(31)14-23-24(16)26(21-11-10-17(30)13-22(21)33-23)20-9-5-4-8-19(20)25(32)34-26/h4-5,8-15,30-31H,2-3,6-7H2,1H3. The highest BCUT2D eigenvalue weighted by Gasteiger charge is 2.54. The molecule has 1 spiro atoms. The molecule has 2 unspecified atom stereocenters. The van der Waals surface area contributed by atoms with Crippen LogP contribution in [0.2, 0.25) is 0 Å². The van der Waals surface area contributed by atoms with Gasteiger partial charge in [0, 0.05) is 34.2 Å². The summed E-state index contributed by atoms with van der Waals surface area (Å²) in [5.74, 6) is 0.346. The highest BCUT2D eigenvalue weighted by Crippen LogP contribution is 2.58. The van der Waals surface area contributed by atoms with E-state index >= 15 is 0 Å². The Morgan fingerprint density at radius 2 is 1.82 bits per heavy atom. The third-order valence-electron chi connectivity index (χ3n) is 6.42. The number of unbranched alkanes of at least 4 members (excludes halogenated alkanes) is 1. The summed E-state index contributed by atoms with van der Waals surface area (Å²) >= 11 is 0. The van der Waals surface area contributed by atoms with E-state index < -0.39 is 11.6 Å². The van der Waals surface area contributed by atoms with Crippen LogP contribution in [0.1, 0.15) is 58.8 Å². The third-order valence-corrected chi connectivity index (χ3v) is 6.42. The minimum absolute atomic E-state index is 0.0180. The monoisotopic (exact) mass is 457 g/mol. The van der Waals surface area contributed by atoms with Crippen molar-refractivity contribution in [1.82, 2.24) is 0 Å². The first-order valence-electron chi connectivity index (χ1n) is 11.2. The van der Waals surface area contributed by atoms with Crippen molar-refractivity contribution >= 4 is 5.97 Å². The summed E-state index contributed by atoms with van der Waals surface area (Å²) in [7, 11) is 0. The van der Waals surface area contributed by atoms with Gasteiger partial charge in [0.1, 0.15) is 23.0 Å². The smallest absolute Gasteiger partial charge is 0.340 e. The molecule has 34 heavy (non-hydrogen) atoms. The fourth-order valence-corrected chi connectivity index (χ4v) is 4.98. The first-order valence-corrected chi connectivity index (χ1v) is 11.2. The Morgan fingerprint density at radius 1 is 1.03 bits per heavy atom. The molecule has 5 rings (SSSR count). The minimum Gasteiger partial charge on any atom is -0.508 e. The Hall–Kier alpha value is -4.16. The van der Waals surface area contributed by atoms with Gasteiger partial charge in [-0.05, 0) is 54.6 Å². The van der Waals surface area contributed by atoms with E-state index in [1.54, 1.807) is 30.3 Å². The number of hydrogen-bond donors (Lipinski definition) is 2. The van der Waals surface area contributed by atoms with Gasteiger partial charge in [-0.3, -0.25) is 0 Å². The maximum atomic E-state index is 13.0. The number of rotatable bonds is 6. The van der Waals surface area contributed by atoms with Crippen LogP contribution >= 0.6 is 0 Å². The number of azide groups is 1. The highest BCUT2D eigenvalue weighted by molar-refractivity contribution is 5.97. The van der Waals surface area contributed by atoms with Crippen molar-refractivity contribution in [3.05, 3.63) is 92.9 Å². The van der Waals surface area contributed by atoms with Crippen molar-refractivity contribution in [1.29, 1.82) is 0 Å². The molecule has 2 heterocycles. The molecule has 0 bridgehead atoms. The Kier molecular flexibility index (Phi) is 5.30. The van der Waals surface area contributed by atoms with Gasteiger partial charge < -0.3 is 19.7 Å². The summed E-state index contributed by atoms with van der Waals surface area (Å²) < 4.78 is 12.3. The number of phenolic OH excluding ortho intramolecular Hbond substituents is 2. The maximum absolute atomic E-state index is 13.0. The topological polar surface area (TPSA) is 125 Å². The second-order valence-corrected chi connectivity index (χ2v) is 8.68. The molecule has 3 aromatic carbocycles. The largest absolute Gasteiger partial charge is 0.508 e. The number of nitrogens with zero attached hydrogens (tertiary/aromatic N) is 3. The van der Waals surface area contributed by atoms with E-state index in [1.807, 2.05) is 19.1 Å². The summed E-state index contributed by atoms with van der Waals surface area (Å²) in [5, 5.41) is 24.3. The van der Waals surface area contributed by atoms with Crippen LogP contribution in [0.4, 0.5) is 0 Å². The van der Waals surface area contributed by atoms with Crippen LogP contribution < -0.4 is 4.74 Å². The Balaban J connectivity index is 1.65. The van der Waals surface area contributed by atoms with E-state index in [2.05, 4.69) is 10.0 Å². The van der Waals surface area contributed by atoms with E-state index in [9.17, 15) is 15.0 Å². The summed E-state index contributed by atoms with van der Waals surface area (Å²) in [4.78, 5) is 15.9. The number of phenols is 2. The van der Waals surface area contributed by atoms with Crippen molar-refractivity contribution < 1.29 is 24.5 Å². The van der Waals surface area contributed by atoms with Gasteiger partial charge in [-0.2, -0.15) is 0 Å². The maximum Gasteiger partial charge on any atom is 0.340 e. The molecule has 8 nitrogen and oxygen atoms in total. The quantitative estimate of drug-likeness (QED) is 0.153. The molecule has 3 aromatic rings. The zero-order chi connectivity index (χ0) is 23.9. The molecule has 2 atom stereocenters. The molecule has 0 saturated heterocycles. The van der Waals surface area contributed by atoms with Crippen LogP contribution in [-0.4, -0.2) is 22.2 Å². The van der Waals surface area contributed by atoms with Gasteiger partial charge in [-0.15, -0.1) is 0 Å². The van der Waals surface area contributed by atoms with Crippen molar-refractivity contribution in [2.45, 2.75) is 44.2 Å². The Bertz CT molecular complexity index is 1350. The summed E-state index contributed by atoms with van der Waals surface area (Å²) in [6.45, 7) is 1.88. The van der Waals surface area contributed by atoms with Crippen molar-refractivity contribution in [3.63, 3.8) is 0 Å². The number of aryl methyl sites for hydroxylation is 1. The van der Waals surface area contributed by atoms with Gasteiger partial charge in [-0.25, -0.2) is 4.79 Å². The van der Waals surface area contributed by atoms with Crippen LogP contribution in [0, 0.1) is 0 Å². The second kappa shape index (κ2) is 8.32. The van der Waals surface area contributed by atoms with Gasteiger partial charge in [0.25, 0.3) is 0 Å². The van der Waals surface area contributed by atoms with Crippen molar-refractivity contribution in [2.75, 3.05) is 0 Å². The number of hydrogen-bond acceptors (Lipinski definition) is 6. The molecule has 8 heteroatoms. The average Bonchev–Trinajstić information content (AvgIpc) is 3.09. The van der Waals surface area contributed by atoms with E-state index in [-0.39, 0.29) is 17.5 Å². The molecule has 2 N–H and O–H groups in total. The molecular weight excluding hydrogens is 434 g/mol. The molecule has 0 aliphatic carbocycles. The molecular formula is C26H23N3O5. The van der Waals surface area contributed by atoms with Crippen LogP contribution in [-0.2, 0) is 16.8 Å². The van der Waals surface area contributed by atoms with Gasteiger partial charge in [-0.1, -0.05) is 36.7 Å². The van der Waals surface area contributed by atoms with E-state index in [1.165, 1.54) is 12.1 Å². The first-order chi connectivity index (χ1) is 16.4. The van der Waals surface area contributed by atoms with Gasteiger partial charge in [0.2, 0.25) is 0 Å². The van der Waals surface area contributed by atoms with Crippen LogP contribution in [0.5, 0.6) is 23.0 Å². The summed E-state index contributed by atoms with van der Waals surface area (Å²) in [6.07, 6.45) is 2.93. The van der Waals surface area contributed by atoms with E-state index in [0.29, 0.717) is 40.2 Å². The van der Waals surface area contributed by atoms with Gasteiger partial charge in [0.15, 0.2) is 5.60 Å². The van der Waals surface area contributed by atoms with E-state index in [4.69, 9.17) is 15.0 Å². The highest BCUT2D eigenvalue weighted by atomic mass is 16.6. The average molecular weight is 457 g/mol. The SMILES string of the molecule is CC(CCCCc1cc(O)cc2c1C1(OC(=O)c3ccccc31)c1ccc(O)cc1O2)N=[N+]=[N-]. The molecule has 2 aliphatic rings. The lowest BCUT2D eigenvalue weighted by atomic mass is 9.75. The molecule has 0 aromatic heterocycles. The van der Waals surface area contributed by atoms with Gasteiger partial charge >= 0.3 is 5.97 Å². The zero-order valence-electron chi connectivity index (χ0n) is 18.6. The molecule has 2 aliphatic heterocycles. The molecule has 0 radical (unpaired) electrons. The molecule has 0 saturated carbocycles. The number of aromatic hydroxyl groups is 2. The van der Waals surface area contributed by atoms with Crippen molar-refractivity contribution in [2.24, 2.45) is 5.11 Å². The second-order valence-electron chi connectivity index (χ2n) is 8.68. The zero-order valence-corrected chi connectivity index (χ0v) is 18.6. The summed E-state index contributed by atoms with van der Waals surface area (Å²) in [6, 6.07) is 15.1. The number of fused-ring (bicyclic) bond motifs is 6. The minimum atomic E-state index is -1.26. The van der Waals surface area contributed by atoms with Gasteiger partial charge in [0.05, 0.1) is 11.1 Å². The lowest BCUT2D eigenvalue weighted by Crippen LogP contribution is -2.34. The van der Waals surface area contributed by atoms with Crippen LogP contribution in [0.15, 0.2) is 59.7 Å². The normalized spacial score (nSPS) is 18.2. The first kappa shape index (κ1) is 21.7. The Morgan fingerprint density at radius 3 is 2.65 bits per heavy atom. The number of benzene rings is 3. The molecule has 172 valence electrons. The lowest BCUT2D eigenvalue weighted by Gasteiger charge is -2.38. The predicted octanol–water partition coefficient (Wildman–Crippen LogP) is 6.08. The molecule has 0 amide bonds. The Labute approximate surface area is 196 Å². The fourth-order valence-electron chi connectivity index (χ4n) is 4.98. The van der Waals surface area contributed by atoms with Crippen molar-refractivity contribution in [3.8, 4) is 23.0 Å². The molecule has 0 fully saturated rings. The number of carbonyl (C=O) groups is 1. The summed E-state index contributed by atoms with van der Waals surface area (Å²) in [5.41, 5.74) is 10.6. The lowest BCUT2D eigenvalue weighted by molar-refractivity contribution is 0.0221. The predicted molar refractivity (Wildman–Crippen MR) is 124 cm³/mol. The van der Waals surface area contributed by atoms with Crippen LogP contribution in [0.25, 0.3) is 10.4 Å². The van der Waals surface area contributed by atoms with Crippen LogP contribution in [0.3, 0.4) is 0 Å². The number of ether oxygens (including phenoxy) is 2. The third kappa shape index (κ3) is 3.40. The number of esters is 1. The number of carbonyl (C=O) groups excluding carboxylic acids is 1.